The van der Waals surface area contributed by atoms with Crippen molar-refractivity contribution in [1.29, 1.82) is 0 Å². The van der Waals surface area contributed by atoms with Crippen LogP contribution in [0.2, 0.25) is 0 Å². The molecule has 1 atom stereocenters. The molecule has 5 heteroatoms. The first-order valence-corrected chi connectivity index (χ1v) is 6.26. The highest BCUT2D eigenvalue weighted by molar-refractivity contribution is 5.78. The molecule has 0 fully saturated rings. The molecule has 19 heavy (non-hydrogen) atoms. The number of rotatable bonds is 6. The minimum Gasteiger partial charge on any atom is -0.356 e. The van der Waals surface area contributed by atoms with Gasteiger partial charge in [0.25, 0.3) is 0 Å². The highest BCUT2D eigenvalue weighted by atomic mass is 19.1. The largest absolute Gasteiger partial charge is 0.356 e. The Kier molecular flexibility index (Phi) is 5.99. The van der Waals surface area contributed by atoms with Gasteiger partial charge < -0.3 is 10.6 Å². The maximum atomic E-state index is 13.4. The molecular weight excluding hydrogens is 247 g/mol. The molecule has 0 bridgehead atoms. The second-order valence-corrected chi connectivity index (χ2v) is 4.50. The van der Waals surface area contributed by atoms with Crippen LogP contribution in [0, 0.1) is 5.82 Å². The van der Waals surface area contributed by atoms with Crippen molar-refractivity contribution in [2.75, 3.05) is 6.54 Å². The van der Waals surface area contributed by atoms with Crippen LogP contribution in [0.1, 0.15) is 25.8 Å². The van der Waals surface area contributed by atoms with Crippen molar-refractivity contribution in [3.63, 3.8) is 0 Å². The van der Waals surface area contributed by atoms with Gasteiger partial charge >= 0.3 is 0 Å². The summed E-state index contributed by atoms with van der Waals surface area (Å²) >= 11 is 0. The van der Waals surface area contributed by atoms with E-state index < -0.39 is 0 Å². The molecule has 1 aromatic rings. The van der Waals surface area contributed by atoms with Crippen LogP contribution in [-0.2, 0) is 16.0 Å². The number of benzene rings is 1. The van der Waals surface area contributed by atoms with Crippen LogP contribution in [0.4, 0.5) is 4.39 Å². The number of nitrogens with one attached hydrogen (secondary N) is 2. The summed E-state index contributed by atoms with van der Waals surface area (Å²) in [6.07, 6.45) is 0.666. The molecule has 0 aromatic heterocycles. The topological polar surface area (TPSA) is 58.2 Å². The van der Waals surface area contributed by atoms with Crippen molar-refractivity contribution in [3.8, 4) is 0 Å². The Morgan fingerprint density at radius 2 is 2.00 bits per heavy atom. The predicted molar refractivity (Wildman–Crippen MR) is 71.0 cm³/mol. The molecule has 0 spiro atoms. The summed E-state index contributed by atoms with van der Waals surface area (Å²) in [6.45, 7) is 3.54. The lowest BCUT2D eigenvalue weighted by molar-refractivity contribution is -0.122. The zero-order valence-corrected chi connectivity index (χ0v) is 11.2. The Hall–Kier alpha value is -1.91. The van der Waals surface area contributed by atoms with E-state index in [0.717, 1.165) is 0 Å². The second kappa shape index (κ2) is 7.51. The van der Waals surface area contributed by atoms with E-state index in [1.54, 1.807) is 18.2 Å². The molecule has 2 amide bonds. The van der Waals surface area contributed by atoms with E-state index in [1.165, 1.54) is 13.0 Å². The number of halogens is 1. The predicted octanol–water partition coefficient (Wildman–Crippen LogP) is 1.40. The van der Waals surface area contributed by atoms with Crippen LogP contribution in [0.3, 0.4) is 0 Å². The third kappa shape index (κ3) is 5.99. The lowest BCUT2D eigenvalue weighted by atomic mass is 10.1. The van der Waals surface area contributed by atoms with Gasteiger partial charge in [0.15, 0.2) is 0 Å². The fraction of sp³-hybridized carbons (Fsp3) is 0.429. The molecule has 4 nitrogen and oxygen atoms in total. The van der Waals surface area contributed by atoms with E-state index in [0.29, 0.717) is 18.5 Å². The molecule has 1 aromatic carbocycles. The summed E-state index contributed by atoms with van der Waals surface area (Å²) in [4.78, 5) is 22.2. The normalized spacial score (nSPS) is 11.7. The smallest absolute Gasteiger partial charge is 0.221 e. The van der Waals surface area contributed by atoms with Crippen molar-refractivity contribution in [1.82, 2.24) is 10.6 Å². The fourth-order valence-electron chi connectivity index (χ4n) is 1.74. The summed E-state index contributed by atoms with van der Waals surface area (Å²) in [7, 11) is 0. The maximum absolute atomic E-state index is 13.4. The van der Waals surface area contributed by atoms with Gasteiger partial charge in [-0.15, -0.1) is 0 Å². The van der Waals surface area contributed by atoms with Crippen LogP contribution in [0.5, 0.6) is 0 Å². The van der Waals surface area contributed by atoms with Crippen LogP contribution in [-0.4, -0.2) is 24.4 Å². The van der Waals surface area contributed by atoms with E-state index >= 15 is 0 Å². The Bertz CT molecular complexity index is 449. The summed E-state index contributed by atoms with van der Waals surface area (Å²) in [6, 6.07) is 6.36. The second-order valence-electron chi connectivity index (χ2n) is 4.50. The highest BCUT2D eigenvalue weighted by Crippen LogP contribution is 2.08. The van der Waals surface area contributed by atoms with Gasteiger partial charge in [-0.05, 0) is 25.0 Å². The van der Waals surface area contributed by atoms with E-state index in [9.17, 15) is 14.0 Å². The van der Waals surface area contributed by atoms with E-state index in [1.807, 2.05) is 6.92 Å². The van der Waals surface area contributed by atoms with Crippen molar-refractivity contribution >= 4 is 11.8 Å². The summed E-state index contributed by atoms with van der Waals surface area (Å²) in [5, 5.41) is 5.32. The first-order valence-electron chi connectivity index (χ1n) is 6.26. The number of carbonyl (C=O) groups excluding carboxylic acids is 2. The van der Waals surface area contributed by atoms with Gasteiger partial charge in [0, 0.05) is 25.9 Å². The van der Waals surface area contributed by atoms with E-state index in [2.05, 4.69) is 10.6 Å². The van der Waals surface area contributed by atoms with Gasteiger partial charge in [-0.25, -0.2) is 4.39 Å². The molecule has 0 radical (unpaired) electrons. The van der Waals surface area contributed by atoms with Gasteiger partial charge in [-0.3, -0.25) is 9.59 Å². The molecule has 0 unspecified atom stereocenters. The summed E-state index contributed by atoms with van der Waals surface area (Å²) in [5.74, 6) is -0.577. The van der Waals surface area contributed by atoms with Crippen LogP contribution >= 0.6 is 0 Å². The molecule has 0 aliphatic heterocycles. The minimum absolute atomic E-state index is 0.151. The molecular formula is C14H19FN2O2. The lowest BCUT2D eigenvalue weighted by Gasteiger charge is -2.14. The average molecular weight is 266 g/mol. The maximum Gasteiger partial charge on any atom is 0.221 e. The van der Waals surface area contributed by atoms with Gasteiger partial charge in [-0.1, -0.05) is 18.2 Å². The highest BCUT2D eigenvalue weighted by Gasteiger charge is 2.10. The Morgan fingerprint density at radius 1 is 1.32 bits per heavy atom. The van der Waals surface area contributed by atoms with Gasteiger partial charge in [0.05, 0.1) is 0 Å². The Morgan fingerprint density at radius 3 is 2.63 bits per heavy atom. The van der Waals surface area contributed by atoms with Crippen LogP contribution < -0.4 is 10.6 Å². The monoisotopic (exact) mass is 266 g/mol. The number of carbonyl (C=O) groups is 2. The van der Waals surface area contributed by atoms with Gasteiger partial charge in [0.1, 0.15) is 5.82 Å². The zero-order chi connectivity index (χ0) is 14.3. The molecule has 2 N–H and O–H groups in total. The molecule has 0 aliphatic rings. The van der Waals surface area contributed by atoms with Crippen molar-refractivity contribution in [2.24, 2.45) is 0 Å². The van der Waals surface area contributed by atoms with Gasteiger partial charge in [0.2, 0.25) is 11.8 Å². The molecule has 0 saturated carbocycles. The number of hydrogen-bond acceptors (Lipinski definition) is 2. The quantitative estimate of drug-likeness (QED) is 0.817. The standard InChI is InChI=1S/C14H19FN2O2/c1-10(9-12-5-3-4-6-13(12)15)17-14(19)7-8-16-11(2)18/h3-6,10H,7-9H2,1-2H3,(H,16,18)(H,17,19)/t10-/m1/s1. The summed E-state index contributed by atoms with van der Waals surface area (Å²) in [5.41, 5.74) is 0.581. The minimum atomic E-state index is -0.262. The molecule has 104 valence electrons. The Balaban J connectivity index is 2.34. The first kappa shape index (κ1) is 15.1. The zero-order valence-electron chi connectivity index (χ0n) is 11.2. The van der Waals surface area contributed by atoms with Crippen LogP contribution in [0.15, 0.2) is 24.3 Å². The number of amides is 2. The third-order valence-corrected chi connectivity index (χ3v) is 2.62. The number of hydrogen-bond donors (Lipinski definition) is 2. The summed E-state index contributed by atoms with van der Waals surface area (Å²) < 4.78 is 13.4. The SMILES string of the molecule is CC(=O)NCCC(=O)N[C@H](C)Cc1ccccc1F. The molecule has 0 aliphatic carbocycles. The molecule has 1 rings (SSSR count). The van der Waals surface area contributed by atoms with Crippen LogP contribution in [0.25, 0.3) is 0 Å². The average Bonchev–Trinajstić information content (AvgIpc) is 2.31. The van der Waals surface area contributed by atoms with E-state index in [4.69, 9.17) is 0 Å². The molecule has 0 heterocycles. The lowest BCUT2D eigenvalue weighted by Crippen LogP contribution is -2.36. The third-order valence-electron chi connectivity index (χ3n) is 2.62. The first-order chi connectivity index (χ1) is 8.99. The fourth-order valence-corrected chi connectivity index (χ4v) is 1.74. The van der Waals surface area contributed by atoms with Gasteiger partial charge in [-0.2, -0.15) is 0 Å². The van der Waals surface area contributed by atoms with Crippen molar-refractivity contribution < 1.29 is 14.0 Å². The van der Waals surface area contributed by atoms with Crippen molar-refractivity contribution in [2.45, 2.75) is 32.7 Å². The Labute approximate surface area is 112 Å². The van der Waals surface area contributed by atoms with Crippen molar-refractivity contribution in [3.05, 3.63) is 35.6 Å². The molecule has 0 saturated heterocycles. The van der Waals surface area contributed by atoms with E-state index in [-0.39, 0.29) is 30.1 Å².